The van der Waals surface area contributed by atoms with E-state index >= 15 is 0 Å². The molecule has 14 nitrogen and oxygen atoms in total. The smallest absolute Gasteiger partial charge is 0.277 e. The van der Waals surface area contributed by atoms with Crippen molar-refractivity contribution < 1.29 is 9.18 Å². The highest BCUT2D eigenvalue weighted by atomic mass is 19.1. The highest BCUT2D eigenvalue weighted by Gasteiger charge is 2.25. The summed E-state index contributed by atoms with van der Waals surface area (Å²) < 4.78 is 17.9. The molecule has 7 aromatic rings. The minimum Gasteiger partial charge on any atom is -0.368 e. The zero-order chi connectivity index (χ0) is 35.1. The molecule has 4 aromatic heterocycles. The number of fused-ring (bicyclic) bond motifs is 2. The summed E-state index contributed by atoms with van der Waals surface area (Å²) in [5, 5.41) is 11.5. The number of halogens is 1. The van der Waals surface area contributed by atoms with Crippen molar-refractivity contribution >= 4 is 45.0 Å². The van der Waals surface area contributed by atoms with Crippen LogP contribution in [0.3, 0.4) is 0 Å². The Morgan fingerprint density at radius 2 is 1.63 bits per heavy atom. The maximum absolute atomic E-state index is 15.0. The number of rotatable bonds is 7. The van der Waals surface area contributed by atoms with Gasteiger partial charge in [-0.05, 0) is 54.1 Å². The molecular formula is C36H30FN11O3. The number of hydrogen-bond acceptors (Lipinski definition) is 10. The number of aromatic amines is 1. The number of nitrogens with one attached hydrogen (secondary N) is 2. The van der Waals surface area contributed by atoms with Gasteiger partial charge in [-0.3, -0.25) is 14.4 Å². The van der Waals surface area contributed by atoms with Crippen molar-refractivity contribution in [3.05, 3.63) is 135 Å². The molecule has 8 rings (SSSR count). The SMILES string of the molecule is Cn1c(=O)c2cnc(Nc3ccc(N4CCN(C(=O)c5cc(Cc6n[nH]c(=O)c7ccccc67)ccc5F)CC4)cc3)nc2n1-c1ncccn1. The van der Waals surface area contributed by atoms with Crippen molar-refractivity contribution in [2.45, 2.75) is 6.42 Å². The Bertz CT molecular complexity index is 2540. The first kappa shape index (κ1) is 31.5. The highest BCUT2D eigenvalue weighted by Crippen LogP contribution is 2.24. The average Bonchev–Trinajstić information content (AvgIpc) is 3.42. The van der Waals surface area contributed by atoms with E-state index in [2.05, 4.69) is 40.3 Å². The molecule has 3 aromatic carbocycles. The van der Waals surface area contributed by atoms with Crippen LogP contribution in [0.15, 0.2) is 101 Å². The number of piperazine rings is 1. The number of aromatic nitrogens is 8. The molecule has 1 aliphatic rings. The Morgan fingerprint density at radius 3 is 2.39 bits per heavy atom. The third kappa shape index (κ3) is 5.94. The van der Waals surface area contributed by atoms with Crippen LogP contribution in [0.5, 0.6) is 0 Å². The second kappa shape index (κ2) is 12.9. The lowest BCUT2D eigenvalue weighted by Gasteiger charge is -2.36. The molecule has 1 fully saturated rings. The molecule has 0 bridgehead atoms. The summed E-state index contributed by atoms with van der Waals surface area (Å²) >= 11 is 0. The van der Waals surface area contributed by atoms with Gasteiger partial charge in [0, 0.05) is 75.0 Å². The van der Waals surface area contributed by atoms with E-state index in [-0.39, 0.29) is 22.6 Å². The van der Waals surface area contributed by atoms with Crippen LogP contribution in [0.4, 0.5) is 21.7 Å². The molecule has 15 heteroatoms. The van der Waals surface area contributed by atoms with Gasteiger partial charge in [0.15, 0.2) is 5.65 Å². The molecule has 0 aliphatic carbocycles. The first-order chi connectivity index (χ1) is 24.8. The highest BCUT2D eigenvalue weighted by molar-refractivity contribution is 5.95. The molecule has 1 amide bonds. The summed E-state index contributed by atoms with van der Waals surface area (Å²) in [4.78, 5) is 59.8. The summed E-state index contributed by atoms with van der Waals surface area (Å²) in [5.41, 5.74) is 2.91. The van der Waals surface area contributed by atoms with Gasteiger partial charge in [0.05, 0.1) is 16.6 Å². The number of H-pyrrole nitrogens is 1. The molecule has 1 aliphatic heterocycles. The van der Waals surface area contributed by atoms with E-state index < -0.39 is 5.82 Å². The predicted octanol–water partition coefficient (Wildman–Crippen LogP) is 3.58. The van der Waals surface area contributed by atoms with E-state index in [4.69, 9.17) is 0 Å². The van der Waals surface area contributed by atoms with Crippen molar-refractivity contribution in [3.63, 3.8) is 0 Å². The van der Waals surface area contributed by atoms with Crippen molar-refractivity contribution in [3.8, 4) is 5.95 Å². The third-order valence-electron chi connectivity index (χ3n) is 9.00. The number of benzene rings is 3. The van der Waals surface area contributed by atoms with E-state index in [1.165, 1.54) is 21.6 Å². The molecule has 0 radical (unpaired) electrons. The number of amides is 1. The standard InChI is InChI=1S/C36H30FN11O3/c1-45-33(50)28-21-40-35(42-31(28)48(45)36-38-13-4-14-39-36)41-23-8-10-24(11-9-23)46-15-17-47(18-16-46)34(51)27-19-22(7-12-29(27)37)20-30-25-5-2-3-6-26(25)32(49)44-43-30/h2-14,19,21H,15-18,20H2,1H3,(H,44,49)(H,40,41,42). The molecule has 254 valence electrons. The monoisotopic (exact) mass is 683 g/mol. The molecule has 0 saturated carbocycles. The fourth-order valence-electron chi connectivity index (χ4n) is 6.35. The van der Waals surface area contributed by atoms with Crippen LogP contribution < -0.4 is 21.3 Å². The zero-order valence-electron chi connectivity index (χ0n) is 27.3. The Kier molecular flexibility index (Phi) is 7.98. The van der Waals surface area contributed by atoms with E-state index in [0.29, 0.717) is 77.6 Å². The minimum atomic E-state index is -0.583. The Hall–Kier alpha value is -6.77. The van der Waals surface area contributed by atoms with Crippen LogP contribution >= 0.6 is 0 Å². The van der Waals surface area contributed by atoms with Crippen LogP contribution in [0.25, 0.3) is 27.8 Å². The van der Waals surface area contributed by atoms with Gasteiger partial charge in [-0.2, -0.15) is 14.8 Å². The molecule has 2 N–H and O–H groups in total. The van der Waals surface area contributed by atoms with Gasteiger partial charge >= 0.3 is 0 Å². The van der Waals surface area contributed by atoms with Gasteiger partial charge in [-0.25, -0.2) is 29.1 Å². The number of carbonyl (C=O) groups excluding carboxylic acids is 1. The first-order valence-electron chi connectivity index (χ1n) is 16.2. The molecule has 51 heavy (non-hydrogen) atoms. The van der Waals surface area contributed by atoms with Gasteiger partial charge < -0.3 is 15.1 Å². The Balaban J connectivity index is 0.928. The molecule has 5 heterocycles. The predicted molar refractivity (Wildman–Crippen MR) is 189 cm³/mol. The van der Waals surface area contributed by atoms with Crippen LogP contribution in [0, 0.1) is 5.82 Å². The third-order valence-corrected chi connectivity index (χ3v) is 9.00. The summed E-state index contributed by atoms with van der Waals surface area (Å²) in [6, 6.07) is 21.1. The topological polar surface area (TPSA) is 160 Å². The van der Waals surface area contributed by atoms with Crippen LogP contribution in [-0.4, -0.2) is 76.5 Å². The minimum absolute atomic E-state index is 0.00862. The van der Waals surface area contributed by atoms with E-state index in [0.717, 1.165) is 11.4 Å². The van der Waals surface area contributed by atoms with Crippen molar-refractivity contribution in [2.75, 3.05) is 36.4 Å². The quantitative estimate of drug-likeness (QED) is 0.254. The van der Waals surface area contributed by atoms with Gasteiger partial charge in [0.25, 0.3) is 23.0 Å². The van der Waals surface area contributed by atoms with E-state index in [9.17, 15) is 18.8 Å². The molecule has 0 spiro atoms. The molecule has 0 atom stereocenters. The van der Waals surface area contributed by atoms with Gasteiger partial charge in [-0.1, -0.05) is 24.3 Å². The summed E-state index contributed by atoms with van der Waals surface area (Å²) in [7, 11) is 1.62. The van der Waals surface area contributed by atoms with Crippen molar-refractivity contribution in [1.29, 1.82) is 0 Å². The number of nitrogens with zero attached hydrogens (tertiary/aromatic N) is 9. The number of anilines is 3. The van der Waals surface area contributed by atoms with Crippen LogP contribution in [0.1, 0.15) is 21.6 Å². The molecule has 1 saturated heterocycles. The van der Waals surface area contributed by atoms with E-state index in [1.54, 1.807) is 54.7 Å². The fourth-order valence-corrected chi connectivity index (χ4v) is 6.35. The summed E-state index contributed by atoms with van der Waals surface area (Å²) in [6.45, 7) is 1.98. The van der Waals surface area contributed by atoms with Gasteiger partial charge in [-0.15, -0.1) is 0 Å². The second-order valence-corrected chi connectivity index (χ2v) is 12.1. The Morgan fingerprint density at radius 1 is 0.882 bits per heavy atom. The van der Waals surface area contributed by atoms with Crippen LogP contribution in [-0.2, 0) is 13.5 Å². The Labute approximate surface area is 288 Å². The zero-order valence-corrected chi connectivity index (χ0v) is 27.3. The maximum Gasteiger partial charge on any atom is 0.277 e. The largest absolute Gasteiger partial charge is 0.368 e. The lowest BCUT2D eigenvalue weighted by Crippen LogP contribution is -2.49. The molecule has 0 unspecified atom stereocenters. The van der Waals surface area contributed by atoms with E-state index in [1.807, 2.05) is 36.4 Å². The summed E-state index contributed by atoms with van der Waals surface area (Å²) in [6.07, 6.45) is 4.99. The summed E-state index contributed by atoms with van der Waals surface area (Å²) in [5.74, 6) is -0.332. The lowest BCUT2D eigenvalue weighted by molar-refractivity contribution is 0.0742. The normalized spacial score (nSPS) is 13.2. The van der Waals surface area contributed by atoms with Crippen molar-refractivity contribution in [2.24, 2.45) is 7.05 Å². The first-order valence-corrected chi connectivity index (χ1v) is 16.2. The second-order valence-electron chi connectivity index (χ2n) is 12.1. The maximum atomic E-state index is 15.0. The number of hydrogen-bond donors (Lipinski definition) is 2. The fraction of sp³-hybridized carbons (Fsp3) is 0.167. The average molecular weight is 684 g/mol. The van der Waals surface area contributed by atoms with Crippen LogP contribution in [0.2, 0.25) is 0 Å². The lowest BCUT2D eigenvalue weighted by atomic mass is 10.0. The van der Waals surface area contributed by atoms with Gasteiger partial charge in [0.2, 0.25) is 5.95 Å². The molecular weight excluding hydrogens is 653 g/mol. The number of carbonyl (C=O) groups is 1. The van der Waals surface area contributed by atoms with Crippen molar-refractivity contribution in [1.82, 2.24) is 44.4 Å². The van der Waals surface area contributed by atoms with Gasteiger partial charge in [0.1, 0.15) is 11.2 Å².